The summed E-state index contributed by atoms with van der Waals surface area (Å²) in [5.41, 5.74) is 0. The number of nitrogens with one attached hydrogen (secondary N) is 2. The summed E-state index contributed by atoms with van der Waals surface area (Å²) < 4.78 is 12.0. The summed E-state index contributed by atoms with van der Waals surface area (Å²) in [4.78, 5) is 5.22. The van der Waals surface area contributed by atoms with E-state index in [0.717, 1.165) is 43.5 Å². The van der Waals surface area contributed by atoms with Gasteiger partial charge in [0.25, 0.3) is 0 Å². The molecule has 0 aromatic heterocycles. The van der Waals surface area contributed by atoms with E-state index in [-0.39, 0.29) is 0 Å². The smallest absolute Gasteiger partial charge is 0.0654 e. The molecular formula is C24H44N4O2. The van der Waals surface area contributed by atoms with Crippen molar-refractivity contribution < 1.29 is 9.47 Å². The van der Waals surface area contributed by atoms with Crippen LogP contribution in [0, 0.1) is 23.7 Å². The van der Waals surface area contributed by atoms with Crippen LogP contribution in [0.25, 0.3) is 0 Å². The van der Waals surface area contributed by atoms with Gasteiger partial charge in [0.1, 0.15) is 0 Å². The molecule has 6 nitrogen and oxygen atoms in total. The Morgan fingerprint density at radius 1 is 0.900 bits per heavy atom. The Morgan fingerprint density at radius 2 is 1.67 bits per heavy atom. The van der Waals surface area contributed by atoms with Crippen molar-refractivity contribution in [2.75, 3.05) is 53.0 Å². The van der Waals surface area contributed by atoms with E-state index in [0.29, 0.717) is 24.5 Å². The second-order valence-electron chi connectivity index (χ2n) is 10.9. The van der Waals surface area contributed by atoms with Gasteiger partial charge in [-0.05, 0) is 76.7 Å². The summed E-state index contributed by atoms with van der Waals surface area (Å²) in [5.74, 6) is 3.17. The molecular weight excluding hydrogens is 376 g/mol. The zero-order valence-corrected chi connectivity index (χ0v) is 19.2. The minimum absolute atomic E-state index is 0.414. The topological polar surface area (TPSA) is 49.0 Å². The summed E-state index contributed by atoms with van der Waals surface area (Å²) in [6.07, 6.45) is 10.5. The van der Waals surface area contributed by atoms with Crippen LogP contribution < -0.4 is 10.6 Å². The number of hydrogen-bond acceptors (Lipinski definition) is 6. The number of ether oxygens (including phenoxy) is 2. The molecule has 6 heteroatoms. The van der Waals surface area contributed by atoms with E-state index in [2.05, 4.69) is 34.4 Å². The Bertz CT molecular complexity index is 549. The van der Waals surface area contributed by atoms with Crippen molar-refractivity contribution in [1.29, 1.82) is 0 Å². The molecule has 0 amide bonds. The molecule has 0 bridgehead atoms. The van der Waals surface area contributed by atoms with Gasteiger partial charge in [0.2, 0.25) is 0 Å². The van der Waals surface area contributed by atoms with Crippen LogP contribution in [0.5, 0.6) is 0 Å². The Balaban J connectivity index is 1.17. The average Bonchev–Trinajstić information content (AvgIpc) is 2.78. The molecule has 0 aromatic rings. The van der Waals surface area contributed by atoms with Crippen molar-refractivity contribution in [3.8, 4) is 0 Å². The van der Waals surface area contributed by atoms with E-state index in [1.807, 2.05) is 0 Å². The number of fused-ring (bicyclic) bond motifs is 3. The Morgan fingerprint density at radius 3 is 2.47 bits per heavy atom. The molecule has 172 valence electrons. The zero-order valence-electron chi connectivity index (χ0n) is 19.2. The predicted octanol–water partition coefficient (Wildman–Crippen LogP) is 2.11. The summed E-state index contributed by atoms with van der Waals surface area (Å²) in [6.45, 7) is 9.97. The van der Waals surface area contributed by atoms with Crippen LogP contribution in [0.2, 0.25) is 0 Å². The highest BCUT2D eigenvalue weighted by molar-refractivity contribution is 5.03. The third kappa shape index (κ3) is 4.74. The van der Waals surface area contributed by atoms with Crippen molar-refractivity contribution in [3.63, 3.8) is 0 Å². The molecule has 2 saturated carbocycles. The molecule has 0 radical (unpaired) electrons. The van der Waals surface area contributed by atoms with Crippen LogP contribution in [0.15, 0.2) is 0 Å². The van der Waals surface area contributed by atoms with Crippen LogP contribution in [-0.2, 0) is 9.47 Å². The van der Waals surface area contributed by atoms with Gasteiger partial charge in [0.05, 0.1) is 18.4 Å². The highest BCUT2D eigenvalue weighted by atomic mass is 16.5. The standard InChI is InChI=1S/C24H44N4O2/c1-17-25-23-21-6-4-20(30-16-18-7-13-29-14-8-18)15-19(21)3-5-22(23)24(26-17)28-11-9-27(2)10-12-28/h17-26H,3-16H2,1-2H3. The maximum absolute atomic E-state index is 6.45. The number of piperazine rings is 1. The summed E-state index contributed by atoms with van der Waals surface area (Å²) in [6, 6.07) is 0.682. The van der Waals surface area contributed by atoms with Gasteiger partial charge in [-0.15, -0.1) is 0 Å². The zero-order chi connectivity index (χ0) is 20.5. The van der Waals surface area contributed by atoms with Crippen LogP contribution in [-0.4, -0.2) is 87.3 Å². The molecule has 5 rings (SSSR count). The molecule has 2 N–H and O–H groups in total. The molecule has 5 aliphatic rings. The Labute approximate surface area is 183 Å². The minimum atomic E-state index is 0.414. The first-order valence-corrected chi connectivity index (χ1v) is 12.8. The third-order valence-electron chi connectivity index (χ3n) is 8.89. The number of likely N-dealkylation sites (N-methyl/N-ethyl adjacent to an activating group) is 1. The van der Waals surface area contributed by atoms with Gasteiger partial charge >= 0.3 is 0 Å². The molecule has 3 heterocycles. The molecule has 3 saturated heterocycles. The van der Waals surface area contributed by atoms with Gasteiger partial charge in [-0.1, -0.05) is 0 Å². The second-order valence-corrected chi connectivity index (χ2v) is 10.9. The molecule has 7 atom stereocenters. The fourth-order valence-electron chi connectivity index (χ4n) is 7.08. The van der Waals surface area contributed by atoms with Crippen LogP contribution in [0.4, 0.5) is 0 Å². The SMILES string of the molecule is CC1NC2C3CCC(OCC4CCOCC4)CC3CCC2C(N2CCN(C)CC2)N1. The lowest BCUT2D eigenvalue weighted by atomic mass is 9.62. The molecule has 3 aliphatic heterocycles. The molecule has 30 heavy (non-hydrogen) atoms. The Kier molecular flexibility index (Phi) is 6.99. The highest BCUT2D eigenvalue weighted by Crippen LogP contribution is 2.46. The maximum atomic E-state index is 6.45. The fourth-order valence-corrected chi connectivity index (χ4v) is 7.08. The first-order chi connectivity index (χ1) is 14.7. The van der Waals surface area contributed by atoms with Gasteiger partial charge in [-0.25, -0.2) is 0 Å². The summed E-state index contributed by atoms with van der Waals surface area (Å²) in [5, 5.41) is 7.91. The van der Waals surface area contributed by atoms with Gasteiger partial charge in [0.15, 0.2) is 0 Å². The average molecular weight is 421 g/mol. The van der Waals surface area contributed by atoms with Crippen molar-refractivity contribution >= 4 is 0 Å². The van der Waals surface area contributed by atoms with Gasteiger partial charge in [0, 0.05) is 58.0 Å². The highest BCUT2D eigenvalue weighted by Gasteiger charge is 2.49. The predicted molar refractivity (Wildman–Crippen MR) is 119 cm³/mol. The first-order valence-electron chi connectivity index (χ1n) is 12.8. The quantitative estimate of drug-likeness (QED) is 0.727. The Hall–Kier alpha value is -0.240. The van der Waals surface area contributed by atoms with Gasteiger partial charge in [-0.3, -0.25) is 15.5 Å². The van der Waals surface area contributed by atoms with E-state index in [4.69, 9.17) is 9.47 Å². The maximum Gasteiger partial charge on any atom is 0.0654 e. The molecule has 5 fully saturated rings. The molecule has 2 aliphatic carbocycles. The number of nitrogens with zero attached hydrogens (tertiary/aromatic N) is 2. The fraction of sp³-hybridized carbons (Fsp3) is 1.00. The third-order valence-corrected chi connectivity index (χ3v) is 8.89. The lowest BCUT2D eigenvalue weighted by molar-refractivity contribution is -0.0779. The van der Waals surface area contributed by atoms with Crippen LogP contribution in [0.1, 0.15) is 51.9 Å². The van der Waals surface area contributed by atoms with E-state index in [1.165, 1.54) is 71.1 Å². The summed E-state index contributed by atoms with van der Waals surface area (Å²) in [7, 11) is 2.26. The molecule has 0 aromatic carbocycles. The van der Waals surface area contributed by atoms with Crippen molar-refractivity contribution in [2.45, 2.75) is 76.3 Å². The number of rotatable bonds is 4. The largest absolute Gasteiger partial charge is 0.381 e. The number of hydrogen-bond donors (Lipinski definition) is 2. The van der Waals surface area contributed by atoms with Crippen molar-refractivity contribution in [3.05, 3.63) is 0 Å². The van der Waals surface area contributed by atoms with Gasteiger partial charge < -0.3 is 14.4 Å². The normalized spacial score (nSPS) is 44.4. The monoisotopic (exact) mass is 420 g/mol. The lowest BCUT2D eigenvalue weighted by Crippen LogP contribution is -2.71. The summed E-state index contributed by atoms with van der Waals surface area (Å²) >= 11 is 0. The molecule has 0 spiro atoms. The van der Waals surface area contributed by atoms with Crippen molar-refractivity contribution in [1.82, 2.24) is 20.4 Å². The van der Waals surface area contributed by atoms with E-state index < -0.39 is 0 Å². The first kappa shape index (κ1) is 21.6. The van der Waals surface area contributed by atoms with E-state index in [1.54, 1.807) is 0 Å². The lowest BCUT2D eigenvalue weighted by Gasteiger charge is -2.56. The van der Waals surface area contributed by atoms with E-state index >= 15 is 0 Å². The minimum Gasteiger partial charge on any atom is -0.381 e. The second kappa shape index (κ2) is 9.72. The van der Waals surface area contributed by atoms with Crippen LogP contribution in [0.3, 0.4) is 0 Å². The van der Waals surface area contributed by atoms with E-state index in [9.17, 15) is 0 Å². The molecule has 7 unspecified atom stereocenters. The van der Waals surface area contributed by atoms with Crippen molar-refractivity contribution in [2.24, 2.45) is 23.7 Å². The van der Waals surface area contributed by atoms with Gasteiger partial charge in [-0.2, -0.15) is 0 Å². The van der Waals surface area contributed by atoms with Crippen LogP contribution >= 0.6 is 0 Å².